The first kappa shape index (κ1) is 9.33. The molecule has 0 bridgehead atoms. The van der Waals surface area contributed by atoms with Crippen LogP contribution in [0.1, 0.15) is 4.88 Å². The van der Waals surface area contributed by atoms with Gasteiger partial charge in [0.15, 0.2) is 0 Å². The fourth-order valence-corrected chi connectivity index (χ4v) is 3.14. The Hall–Kier alpha value is -0.230. The molecule has 0 saturated carbocycles. The summed E-state index contributed by atoms with van der Waals surface area (Å²) in [5.74, 6) is 0. The molecule has 13 heavy (non-hydrogen) atoms. The van der Waals surface area contributed by atoms with E-state index in [1.807, 2.05) is 12.1 Å². The summed E-state index contributed by atoms with van der Waals surface area (Å²) in [6.07, 6.45) is 1.72. The predicted octanol–water partition coefficient (Wildman–Crippen LogP) is 3.13. The van der Waals surface area contributed by atoms with Gasteiger partial charge in [0.1, 0.15) is 5.01 Å². The maximum absolute atomic E-state index is 8.87. The fraction of sp³-hybridized carbons (Fsp3) is 0.125. The summed E-state index contributed by atoms with van der Waals surface area (Å²) in [4.78, 5) is 6.26. The molecule has 68 valence electrons. The van der Waals surface area contributed by atoms with Crippen molar-refractivity contribution < 1.29 is 5.11 Å². The number of aliphatic hydroxyl groups excluding tert-OH is 1. The Morgan fingerprint density at radius 1 is 1.38 bits per heavy atom. The lowest BCUT2D eigenvalue weighted by Crippen LogP contribution is -1.70. The number of rotatable bonds is 2. The second-order valence-corrected chi connectivity index (χ2v) is 5.97. The second kappa shape index (κ2) is 3.88. The number of hydrogen-bond acceptors (Lipinski definition) is 4. The van der Waals surface area contributed by atoms with Crippen LogP contribution in [0, 0.1) is 0 Å². The van der Waals surface area contributed by atoms with Crippen LogP contribution in [0.3, 0.4) is 0 Å². The molecule has 1 N–H and O–H groups in total. The molecule has 0 aliphatic carbocycles. The van der Waals surface area contributed by atoms with Crippen molar-refractivity contribution in [1.82, 2.24) is 4.98 Å². The van der Waals surface area contributed by atoms with Crippen LogP contribution in [0.2, 0.25) is 0 Å². The zero-order valence-corrected chi connectivity index (χ0v) is 9.75. The molecule has 0 radical (unpaired) electrons. The Labute approximate surface area is 92.0 Å². The van der Waals surface area contributed by atoms with Crippen molar-refractivity contribution in [2.45, 2.75) is 6.61 Å². The van der Waals surface area contributed by atoms with E-state index < -0.39 is 0 Å². The van der Waals surface area contributed by atoms with Crippen LogP contribution in [0.5, 0.6) is 0 Å². The minimum atomic E-state index is 0.0736. The van der Waals surface area contributed by atoms with Crippen LogP contribution in [0.15, 0.2) is 22.1 Å². The van der Waals surface area contributed by atoms with Crippen LogP contribution in [-0.2, 0) is 6.61 Å². The van der Waals surface area contributed by atoms with Crippen molar-refractivity contribution in [3.05, 3.63) is 27.0 Å². The number of thiophene rings is 1. The van der Waals surface area contributed by atoms with Gasteiger partial charge in [-0.3, -0.25) is 0 Å². The molecule has 2 nitrogen and oxygen atoms in total. The molecule has 2 heterocycles. The maximum atomic E-state index is 8.87. The first-order valence-corrected chi connectivity index (χ1v) is 6.03. The molecule has 0 unspecified atom stereocenters. The topological polar surface area (TPSA) is 33.1 Å². The van der Waals surface area contributed by atoms with Gasteiger partial charge in [-0.1, -0.05) is 0 Å². The van der Waals surface area contributed by atoms with Crippen molar-refractivity contribution in [1.29, 1.82) is 0 Å². The van der Waals surface area contributed by atoms with E-state index in [2.05, 4.69) is 20.9 Å². The van der Waals surface area contributed by atoms with Gasteiger partial charge in [0.25, 0.3) is 0 Å². The zero-order chi connectivity index (χ0) is 9.26. The third-order valence-corrected chi connectivity index (χ3v) is 4.27. The second-order valence-electron chi connectivity index (χ2n) is 2.39. The number of aliphatic hydroxyl groups is 1. The van der Waals surface area contributed by atoms with Gasteiger partial charge in [0.2, 0.25) is 0 Å². The lowest BCUT2D eigenvalue weighted by Gasteiger charge is -1.85. The number of nitrogens with zero attached hydrogens (tertiary/aromatic N) is 1. The minimum Gasteiger partial charge on any atom is -0.391 e. The van der Waals surface area contributed by atoms with Crippen molar-refractivity contribution in [3.63, 3.8) is 0 Å². The summed E-state index contributed by atoms with van der Waals surface area (Å²) in [6, 6.07) is 4.02. The standard InChI is InChI=1S/C8H6BrNOS2/c9-7-2-1-6(13-7)8-10-3-5(4-11)12-8/h1-3,11H,4H2. The minimum absolute atomic E-state index is 0.0736. The Morgan fingerprint density at radius 2 is 2.23 bits per heavy atom. The van der Waals surface area contributed by atoms with E-state index in [1.54, 1.807) is 17.5 Å². The number of halogens is 1. The first-order chi connectivity index (χ1) is 6.29. The Bertz CT molecular complexity index is 410. The van der Waals surface area contributed by atoms with Crippen LogP contribution in [0.4, 0.5) is 0 Å². The molecule has 0 amide bonds. The third kappa shape index (κ3) is 1.99. The smallest absolute Gasteiger partial charge is 0.133 e. The van der Waals surface area contributed by atoms with E-state index in [9.17, 15) is 0 Å². The first-order valence-electron chi connectivity index (χ1n) is 3.61. The highest BCUT2D eigenvalue weighted by Crippen LogP contribution is 2.33. The van der Waals surface area contributed by atoms with Crippen LogP contribution in [0.25, 0.3) is 9.88 Å². The molecule has 0 aromatic carbocycles. The molecule has 5 heteroatoms. The average molecular weight is 276 g/mol. The van der Waals surface area contributed by atoms with Gasteiger partial charge in [-0.15, -0.1) is 22.7 Å². The van der Waals surface area contributed by atoms with Gasteiger partial charge in [-0.25, -0.2) is 4.98 Å². The van der Waals surface area contributed by atoms with E-state index in [4.69, 9.17) is 5.11 Å². The van der Waals surface area contributed by atoms with Gasteiger partial charge >= 0.3 is 0 Å². The molecular formula is C8H6BrNOS2. The van der Waals surface area contributed by atoms with Gasteiger partial charge in [-0.05, 0) is 28.1 Å². The van der Waals surface area contributed by atoms with E-state index in [0.717, 1.165) is 18.5 Å². The lowest BCUT2D eigenvalue weighted by molar-refractivity contribution is 0.285. The normalized spacial score (nSPS) is 10.6. The summed E-state index contributed by atoms with van der Waals surface area (Å²) in [5.41, 5.74) is 0. The summed E-state index contributed by atoms with van der Waals surface area (Å²) < 4.78 is 1.10. The maximum Gasteiger partial charge on any atom is 0.133 e. The molecule has 0 aliphatic heterocycles. The largest absolute Gasteiger partial charge is 0.391 e. The predicted molar refractivity (Wildman–Crippen MR) is 59.0 cm³/mol. The summed E-state index contributed by atoms with van der Waals surface area (Å²) >= 11 is 6.57. The SMILES string of the molecule is OCc1cnc(-c2ccc(Br)s2)s1. The molecule has 2 rings (SSSR count). The Balaban J connectivity index is 2.35. The molecule has 0 atom stereocenters. The van der Waals surface area contributed by atoms with Gasteiger partial charge in [0, 0.05) is 6.20 Å². The third-order valence-electron chi connectivity index (χ3n) is 1.49. The summed E-state index contributed by atoms with van der Waals surface area (Å²) in [7, 11) is 0. The molecule has 2 aromatic rings. The monoisotopic (exact) mass is 275 g/mol. The summed E-state index contributed by atoms with van der Waals surface area (Å²) in [6.45, 7) is 0.0736. The van der Waals surface area contributed by atoms with Gasteiger partial charge in [-0.2, -0.15) is 0 Å². The van der Waals surface area contributed by atoms with Gasteiger partial charge < -0.3 is 5.11 Å². The average Bonchev–Trinajstić information content (AvgIpc) is 2.71. The summed E-state index contributed by atoms with van der Waals surface area (Å²) in [5, 5.41) is 9.84. The van der Waals surface area contributed by atoms with E-state index in [0.29, 0.717) is 0 Å². The van der Waals surface area contributed by atoms with Crippen molar-refractivity contribution in [2.24, 2.45) is 0 Å². The highest BCUT2D eigenvalue weighted by molar-refractivity contribution is 9.11. The highest BCUT2D eigenvalue weighted by atomic mass is 79.9. The number of aromatic nitrogens is 1. The molecule has 2 aromatic heterocycles. The molecule has 0 fully saturated rings. The Morgan fingerprint density at radius 3 is 2.77 bits per heavy atom. The van der Waals surface area contributed by atoms with Crippen LogP contribution < -0.4 is 0 Å². The van der Waals surface area contributed by atoms with Gasteiger partial charge in [0.05, 0.1) is 20.1 Å². The van der Waals surface area contributed by atoms with E-state index >= 15 is 0 Å². The van der Waals surface area contributed by atoms with Crippen molar-refractivity contribution >= 4 is 38.6 Å². The number of thiazole rings is 1. The number of hydrogen-bond donors (Lipinski definition) is 1. The quantitative estimate of drug-likeness (QED) is 0.914. The fourth-order valence-electron chi connectivity index (χ4n) is 0.924. The van der Waals surface area contributed by atoms with Crippen LogP contribution in [-0.4, -0.2) is 10.1 Å². The lowest BCUT2D eigenvalue weighted by atomic mass is 10.5. The Kier molecular flexibility index (Phi) is 2.78. The molecule has 0 spiro atoms. The van der Waals surface area contributed by atoms with Crippen LogP contribution >= 0.6 is 38.6 Å². The zero-order valence-electron chi connectivity index (χ0n) is 6.53. The molecule has 0 aliphatic rings. The highest BCUT2D eigenvalue weighted by Gasteiger charge is 2.05. The van der Waals surface area contributed by atoms with E-state index in [1.165, 1.54) is 11.3 Å². The van der Waals surface area contributed by atoms with Crippen molar-refractivity contribution in [3.8, 4) is 9.88 Å². The van der Waals surface area contributed by atoms with Crippen molar-refractivity contribution in [2.75, 3.05) is 0 Å². The van der Waals surface area contributed by atoms with E-state index in [-0.39, 0.29) is 6.61 Å². The molecular weight excluding hydrogens is 270 g/mol. The molecule has 0 saturated heterocycles.